The van der Waals surface area contributed by atoms with Crippen LogP contribution in [0.3, 0.4) is 0 Å². The molecule has 0 aliphatic rings. The lowest BCUT2D eigenvalue weighted by atomic mass is 10.1. The minimum Gasteiger partial charge on any atom is -0.462 e. The van der Waals surface area contributed by atoms with E-state index in [2.05, 4.69) is 24.5 Å². The van der Waals surface area contributed by atoms with Crippen molar-refractivity contribution in [2.75, 3.05) is 39.5 Å². The number of hydrogen-bond acceptors (Lipinski definition) is 15. The van der Waals surface area contributed by atoms with Gasteiger partial charge in [-0.25, -0.2) is 14.2 Å². The number of phosphoric ester groups is 1. The quantitative estimate of drug-likeness (QED) is 0.0223. The van der Waals surface area contributed by atoms with Crippen molar-refractivity contribution in [1.29, 1.82) is 0 Å². The van der Waals surface area contributed by atoms with Gasteiger partial charge in [-0.1, -0.05) is 142 Å². The van der Waals surface area contributed by atoms with Crippen LogP contribution in [0, 0.1) is 0 Å². The highest BCUT2D eigenvalue weighted by atomic mass is 31.2. The summed E-state index contributed by atoms with van der Waals surface area (Å²) in [6.45, 7) is 12.5. The third-order valence-corrected chi connectivity index (χ3v) is 11.7. The lowest BCUT2D eigenvalue weighted by molar-refractivity contribution is -0.162. The van der Waals surface area contributed by atoms with Crippen molar-refractivity contribution < 1.29 is 75.7 Å². The number of ether oxygens (including phenoxy) is 6. The second kappa shape index (κ2) is 41.9. The predicted octanol–water partition coefficient (Wildman–Crippen LogP) is 12.0. The molecule has 0 aliphatic heterocycles. The van der Waals surface area contributed by atoms with Crippen LogP contribution in [0.2, 0.25) is 0 Å². The molecule has 18 nitrogen and oxygen atoms in total. The first-order valence-electron chi connectivity index (χ1n) is 26.9. The van der Waals surface area contributed by atoms with Gasteiger partial charge in [0.25, 0.3) is 0 Å². The van der Waals surface area contributed by atoms with Crippen LogP contribution in [-0.2, 0) is 61.2 Å². The Labute approximate surface area is 427 Å². The van der Waals surface area contributed by atoms with Crippen LogP contribution >= 0.6 is 7.82 Å². The van der Waals surface area contributed by atoms with Crippen LogP contribution in [0.1, 0.15) is 235 Å². The fourth-order valence-corrected chi connectivity index (χ4v) is 7.76. The first kappa shape index (κ1) is 67.5. The molecule has 0 radical (unpaired) electrons. The molecule has 0 fully saturated rings. The number of amides is 2. The summed E-state index contributed by atoms with van der Waals surface area (Å²) in [6.07, 6.45) is 21.0. The van der Waals surface area contributed by atoms with Gasteiger partial charge in [0.05, 0.1) is 13.2 Å². The van der Waals surface area contributed by atoms with Gasteiger partial charge in [0.1, 0.15) is 24.4 Å². The fourth-order valence-electron chi connectivity index (χ4n) is 6.97. The Hall–Kier alpha value is -3.47. The maximum atomic E-state index is 13.2. The molecule has 71 heavy (non-hydrogen) atoms. The van der Waals surface area contributed by atoms with E-state index < -0.39 is 93.7 Å². The maximum Gasteiger partial charge on any atom is 0.472 e. The van der Waals surface area contributed by atoms with E-state index in [1.54, 1.807) is 41.5 Å². The molecule has 0 aliphatic carbocycles. The summed E-state index contributed by atoms with van der Waals surface area (Å²) < 4.78 is 55.7. The third kappa shape index (κ3) is 47.3. The molecule has 416 valence electrons. The molecule has 0 aromatic carbocycles. The summed E-state index contributed by atoms with van der Waals surface area (Å²) in [5, 5.41) is 5.07. The van der Waals surface area contributed by atoms with Crippen molar-refractivity contribution in [3.05, 3.63) is 0 Å². The number of carbonyl (C=O) groups excluding carboxylic acids is 6. The maximum absolute atomic E-state index is 13.2. The average Bonchev–Trinajstić information content (AvgIpc) is 3.28. The van der Waals surface area contributed by atoms with Gasteiger partial charge in [-0.05, 0) is 67.2 Å². The monoisotopic (exact) mass is 1040 g/mol. The molecule has 0 heterocycles. The Kier molecular flexibility index (Phi) is 39.9. The van der Waals surface area contributed by atoms with Gasteiger partial charge < -0.3 is 43.9 Å². The highest BCUT2D eigenvalue weighted by Crippen LogP contribution is 2.43. The molecule has 3 atom stereocenters. The summed E-state index contributed by atoms with van der Waals surface area (Å²) >= 11 is 0. The molecule has 0 bridgehead atoms. The Morgan fingerprint density at radius 2 is 0.704 bits per heavy atom. The zero-order chi connectivity index (χ0) is 53.2. The van der Waals surface area contributed by atoms with E-state index >= 15 is 0 Å². The topological polar surface area (TPSA) is 238 Å². The molecule has 2 amide bonds. The van der Waals surface area contributed by atoms with Crippen LogP contribution in [0.25, 0.3) is 0 Å². The van der Waals surface area contributed by atoms with E-state index in [0.717, 1.165) is 44.9 Å². The fraction of sp³-hybridized carbons (Fsp3) is 0.885. The average molecular weight is 1040 g/mol. The molecule has 19 heteroatoms. The van der Waals surface area contributed by atoms with Crippen LogP contribution in [0.15, 0.2) is 0 Å². The summed E-state index contributed by atoms with van der Waals surface area (Å²) in [5.74, 6) is -2.55. The highest BCUT2D eigenvalue weighted by molar-refractivity contribution is 7.47. The van der Waals surface area contributed by atoms with E-state index in [0.29, 0.717) is 12.8 Å². The summed E-state index contributed by atoms with van der Waals surface area (Å²) in [6, 6.07) is 0. The van der Waals surface area contributed by atoms with E-state index in [-0.39, 0.29) is 51.6 Å². The van der Waals surface area contributed by atoms with Crippen molar-refractivity contribution >= 4 is 43.9 Å². The molecular weight excluding hydrogens is 940 g/mol. The molecule has 0 aromatic heterocycles. The molecule has 0 rings (SSSR count). The van der Waals surface area contributed by atoms with Gasteiger partial charge in [-0.3, -0.25) is 28.2 Å². The second-order valence-corrected chi connectivity index (χ2v) is 21.7. The number of rotatable bonds is 44. The Balaban J connectivity index is 5.44. The van der Waals surface area contributed by atoms with Gasteiger partial charge >= 0.3 is 43.9 Å². The summed E-state index contributed by atoms with van der Waals surface area (Å²) in [5.41, 5.74) is -1.41. The highest BCUT2D eigenvalue weighted by Gasteiger charge is 2.29. The molecule has 2 unspecified atom stereocenters. The SMILES string of the molecule is CCCCCCCCCCCCCC(=O)OC[C@H](COP(=O)(O)OCC(COC(=O)CCCNC(=O)OC(C)(C)C)OC(=O)CCCNC(=O)OC(C)(C)C)OC(=O)CCCCCCCCCCCCC. The molecular formula is C52H97N2O16P. The van der Waals surface area contributed by atoms with Crippen LogP contribution in [0.4, 0.5) is 9.59 Å². The van der Waals surface area contributed by atoms with Crippen molar-refractivity contribution in [2.24, 2.45) is 0 Å². The molecule has 3 N–H and O–H groups in total. The number of alkyl carbamates (subject to hydrolysis) is 2. The molecule has 0 saturated carbocycles. The van der Waals surface area contributed by atoms with Gasteiger partial charge in [0.15, 0.2) is 12.2 Å². The summed E-state index contributed by atoms with van der Waals surface area (Å²) in [7, 11) is -4.95. The van der Waals surface area contributed by atoms with Gasteiger partial charge in [0, 0.05) is 38.8 Å². The van der Waals surface area contributed by atoms with E-state index in [9.17, 15) is 38.2 Å². The minimum atomic E-state index is -4.95. The van der Waals surface area contributed by atoms with Gasteiger partial charge in [0.2, 0.25) is 0 Å². The zero-order valence-corrected chi connectivity index (χ0v) is 46.1. The van der Waals surface area contributed by atoms with Crippen LogP contribution < -0.4 is 10.6 Å². The standard InChI is InChI=1S/C52H97N2O16P/c1-9-11-13-15-17-19-21-23-25-27-29-33-45(55)63-39-43(67-47(57)34-30-28-26-24-22-20-18-16-14-12-10-2)41-65-71(61,62)66-42-44(68-48(58)36-32-38-54-50(60)70-52(6,7)8)40-64-46(56)35-31-37-53-49(59)69-51(3,4)5/h43-44H,9-42H2,1-8H3,(H,53,59)(H,54,60)(H,61,62)/t43-,44?/m1/s1. The minimum absolute atomic E-state index is 0.0803. The number of nitrogens with one attached hydrogen (secondary N) is 2. The Bertz CT molecular complexity index is 1480. The first-order chi connectivity index (χ1) is 33.6. The van der Waals surface area contributed by atoms with Crippen molar-refractivity contribution in [3.8, 4) is 0 Å². The molecule has 0 spiro atoms. The van der Waals surface area contributed by atoms with Crippen LogP contribution in [-0.4, -0.2) is 104 Å². The summed E-state index contributed by atoms with van der Waals surface area (Å²) in [4.78, 5) is 85.6. The zero-order valence-electron chi connectivity index (χ0n) is 45.2. The smallest absolute Gasteiger partial charge is 0.462 e. The van der Waals surface area contributed by atoms with Crippen molar-refractivity contribution in [3.63, 3.8) is 0 Å². The van der Waals surface area contributed by atoms with Crippen LogP contribution in [0.5, 0.6) is 0 Å². The largest absolute Gasteiger partial charge is 0.472 e. The first-order valence-corrected chi connectivity index (χ1v) is 28.4. The number of esters is 4. The van der Waals surface area contributed by atoms with Crippen molar-refractivity contribution in [2.45, 2.75) is 259 Å². The van der Waals surface area contributed by atoms with E-state index in [1.807, 2.05) is 0 Å². The van der Waals surface area contributed by atoms with E-state index in [1.165, 1.54) is 83.5 Å². The lowest BCUT2D eigenvalue weighted by Gasteiger charge is -2.22. The van der Waals surface area contributed by atoms with E-state index in [4.69, 9.17) is 37.5 Å². The second-order valence-electron chi connectivity index (χ2n) is 20.3. The number of phosphoric acid groups is 1. The van der Waals surface area contributed by atoms with Gasteiger partial charge in [-0.2, -0.15) is 0 Å². The van der Waals surface area contributed by atoms with Crippen molar-refractivity contribution in [1.82, 2.24) is 10.6 Å². The number of unbranched alkanes of at least 4 members (excludes halogenated alkanes) is 20. The molecule has 0 saturated heterocycles. The van der Waals surface area contributed by atoms with Gasteiger partial charge in [-0.15, -0.1) is 0 Å². The Morgan fingerprint density at radius 1 is 0.423 bits per heavy atom. The number of hydrogen-bond donors (Lipinski definition) is 3. The number of carbonyl (C=O) groups is 6. The predicted molar refractivity (Wildman–Crippen MR) is 273 cm³/mol. The molecule has 0 aromatic rings. The third-order valence-electron chi connectivity index (χ3n) is 10.7. The lowest BCUT2D eigenvalue weighted by Crippen LogP contribution is -2.33. The Morgan fingerprint density at radius 3 is 1.03 bits per heavy atom. The normalized spacial score (nSPS) is 13.3.